The zero-order valence-electron chi connectivity index (χ0n) is 10.7. The van der Waals surface area contributed by atoms with Crippen LogP contribution in [0.3, 0.4) is 0 Å². The van der Waals surface area contributed by atoms with Crippen LogP contribution < -0.4 is 10.6 Å². The molecule has 6 nitrogen and oxygen atoms in total. The molecule has 3 N–H and O–H groups in total. The van der Waals surface area contributed by atoms with E-state index in [0.29, 0.717) is 19.4 Å². The Morgan fingerprint density at radius 2 is 2.42 bits per heavy atom. The SMILES string of the molecule is CC1(C(=O)O)CCCC1NC(=O)NCc1cscn1. The van der Waals surface area contributed by atoms with E-state index in [2.05, 4.69) is 15.6 Å². The van der Waals surface area contributed by atoms with Crippen LogP contribution in [-0.2, 0) is 11.3 Å². The van der Waals surface area contributed by atoms with Crippen molar-refractivity contribution in [2.45, 2.75) is 38.8 Å². The third kappa shape index (κ3) is 3.04. The summed E-state index contributed by atoms with van der Waals surface area (Å²) in [5, 5.41) is 16.6. The Morgan fingerprint density at radius 3 is 3.05 bits per heavy atom. The summed E-state index contributed by atoms with van der Waals surface area (Å²) >= 11 is 1.47. The number of carboxylic acids is 1. The van der Waals surface area contributed by atoms with Gasteiger partial charge in [-0.25, -0.2) is 9.78 Å². The molecule has 1 saturated carbocycles. The lowest BCUT2D eigenvalue weighted by Gasteiger charge is -2.27. The zero-order chi connectivity index (χ0) is 13.9. The van der Waals surface area contributed by atoms with E-state index in [1.807, 2.05) is 5.38 Å². The van der Waals surface area contributed by atoms with Gasteiger partial charge in [-0.2, -0.15) is 0 Å². The minimum absolute atomic E-state index is 0.319. The highest BCUT2D eigenvalue weighted by Gasteiger charge is 2.45. The summed E-state index contributed by atoms with van der Waals surface area (Å²) in [7, 11) is 0. The third-order valence-corrected chi connectivity index (χ3v) is 4.30. The Bertz CT molecular complexity index is 463. The van der Waals surface area contributed by atoms with Gasteiger partial charge in [-0.15, -0.1) is 11.3 Å². The fourth-order valence-electron chi connectivity index (χ4n) is 2.36. The van der Waals surface area contributed by atoms with Gasteiger partial charge in [0, 0.05) is 11.4 Å². The number of amides is 2. The molecule has 2 rings (SSSR count). The maximum atomic E-state index is 11.8. The predicted octanol–water partition coefficient (Wildman–Crippen LogP) is 1.59. The number of thiazole rings is 1. The number of carboxylic acid groups (broad SMARTS) is 1. The molecule has 0 spiro atoms. The number of hydrogen-bond acceptors (Lipinski definition) is 4. The minimum Gasteiger partial charge on any atom is -0.481 e. The van der Waals surface area contributed by atoms with E-state index in [1.165, 1.54) is 11.3 Å². The first-order valence-corrected chi connectivity index (χ1v) is 7.11. The molecule has 19 heavy (non-hydrogen) atoms. The average molecular weight is 283 g/mol. The van der Waals surface area contributed by atoms with Gasteiger partial charge in [-0.1, -0.05) is 6.42 Å². The number of carbonyl (C=O) groups is 2. The minimum atomic E-state index is -0.863. The molecule has 0 aromatic carbocycles. The zero-order valence-corrected chi connectivity index (χ0v) is 11.5. The largest absolute Gasteiger partial charge is 0.481 e. The Labute approximate surface area is 115 Å². The summed E-state index contributed by atoms with van der Waals surface area (Å²) in [6.07, 6.45) is 2.12. The highest BCUT2D eigenvalue weighted by molar-refractivity contribution is 7.07. The first-order chi connectivity index (χ1) is 9.02. The summed E-state index contributed by atoms with van der Waals surface area (Å²) in [5.41, 5.74) is 1.64. The maximum Gasteiger partial charge on any atom is 0.315 e. The van der Waals surface area contributed by atoms with Gasteiger partial charge >= 0.3 is 12.0 Å². The Hall–Kier alpha value is -1.63. The van der Waals surface area contributed by atoms with Crippen LogP contribution >= 0.6 is 11.3 Å². The molecule has 7 heteroatoms. The second-order valence-electron chi connectivity index (χ2n) is 4.97. The lowest BCUT2D eigenvalue weighted by Crippen LogP contribution is -2.50. The summed E-state index contributed by atoms with van der Waals surface area (Å²) in [4.78, 5) is 27.1. The molecule has 0 saturated heterocycles. The average Bonchev–Trinajstić information content (AvgIpc) is 2.98. The van der Waals surface area contributed by atoms with Gasteiger partial charge in [0.1, 0.15) is 0 Å². The quantitative estimate of drug-likeness (QED) is 0.782. The Morgan fingerprint density at radius 1 is 1.63 bits per heavy atom. The highest BCUT2D eigenvalue weighted by atomic mass is 32.1. The molecule has 2 amide bonds. The monoisotopic (exact) mass is 283 g/mol. The number of hydrogen-bond donors (Lipinski definition) is 3. The third-order valence-electron chi connectivity index (χ3n) is 3.67. The van der Waals surface area contributed by atoms with Crippen molar-refractivity contribution in [2.24, 2.45) is 5.41 Å². The first-order valence-electron chi connectivity index (χ1n) is 6.17. The highest BCUT2D eigenvalue weighted by Crippen LogP contribution is 2.38. The van der Waals surface area contributed by atoms with E-state index in [-0.39, 0.29) is 12.1 Å². The maximum absolute atomic E-state index is 11.8. The lowest BCUT2D eigenvalue weighted by molar-refractivity contribution is -0.148. The van der Waals surface area contributed by atoms with Crippen LogP contribution in [0.1, 0.15) is 31.9 Å². The van der Waals surface area contributed by atoms with Crippen LogP contribution in [0, 0.1) is 5.41 Å². The van der Waals surface area contributed by atoms with E-state index in [9.17, 15) is 14.7 Å². The number of carbonyl (C=O) groups excluding carboxylic acids is 1. The molecular weight excluding hydrogens is 266 g/mol. The fourth-order valence-corrected chi connectivity index (χ4v) is 2.92. The summed E-state index contributed by atoms with van der Waals surface area (Å²) in [5.74, 6) is -0.852. The number of nitrogens with zero attached hydrogens (tertiary/aromatic N) is 1. The van der Waals surface area contributed by atoms with Gasteiger partial charge in [0.15, 0.2) is 0 Å². The normalized spacial score (nSPS) is 26.1. The molecule has 1 aromatic heterocycles. The molecule has 1 heterocycles. The first kappa shape index (κ1) is 13.8. The summed E-state index contributed by atoms with van der Waals surface area (Å²) < 4.78 is 0. The van der Waals surface area contributed by atoms with Crippen molar-refractivity contribution in [1.29, 1.82) is 0 Å². The van der Waals surface area contributed by atoms with Gasteiger partial charge < -0.3 is 15.7 Å². The van der Waals surface area contributed by atoms with Gasteiger partial charge in [0.25, 0.3) is 0 Å². The number of aromatic nitrogens is 1. The smallest absolute Gasteiger partial charge is 0.315 e. The molecule has 2 unspecified atom stereocenters. The Kier molecular flexibility index (Phi) is 4.04. The van der Waals surface area contributed by atoms with E-state index < -0.39 is 11.4 Å². The van der Waals surface area contributed by atoms with Crippen LogP contribution in [-0.4, -0.2) is 28.1 Å². The number of urea groups is 1. The number of rotatable bonds is 4. The summed E-state index contributed by atoms with van der Waals surface area (Å²) in [6.45, 7) is 2.04. The molecule has 2 atom stereocenters. The second-order valence-corrected chi connectivity index (χ2v) is 5.69. The van der Waals surface area contributed by atoms with Crippen LogP contribution in [0.15, 0.2) is 10.9 Å². The topological polar surface area (TPSA) is 91.3 Å². The van der Waals surface area contributed by atoms with Crippen molar-refractivity contribution in [2.75, 3.05) is 0 Å². The van der Waals surface area contributed by atoms with Crippen molar-refractivity contribution < 1.29 is 14.7 Å². The van der Waals surface area contributed by atoms with E-state index in [1.54, 1.807) is 12.4 Å². The van der Waals surface area contributed by atoms with Gasteiger partial charge in [-0.3, -0.25) is 4.79 Å². The van der Waals surface area contributed by atoms with Gasteiger partial charge in [-0.05, 0) is 19.8 Å². The van der Waals surface area contributed by atoms with E-state index in [0.717, 1.165) is 12.1 Å². The second kappa shape index (κ2) is 5.56. The molecular formula is C12H17N3O3S. The van der Waals surface area contributed by atoms with Gasteiger partial charge in [0.05, 0.1) is 23.2 Å². The van der Waals surface area contributed by atoms with Crippen LogP contribution in [0.4, 0.5) is 4.79 Å². The molecule has 1 fully saturated rings. The van der Waals surface area contributed by atoms with Crippen LogP contribution in [0.2, 0.25) is 0 Å². The summed E-state index contributed by atoms with van der Waals surface area (Å²) in [6, 6.07) is -0.659. The van der Waals surface area contributed by atoms with Crippen molar-refractivity contribution in [3.8, 4) is 0 Å². The van der Waals surface area contributed by atoms with Crippen molar-refractivity contribution in [1.82, 2.24) is 15.6 Å². The fraction of sp³-hybridized carbons (Fsp3) is 0.583. The molecule has 104 valence electrons. The number of nitrogens with one attached hydrogen (secondary N) is 2. The molecule has 0 radical (unpaired) electrons. The van der Waals surface area contributed by atoms with Crippen LogP contribution in [0.5, 0.6) is 0 Å². The van der Waals surface area contributed by atoms with E-state index in [4.69, 9.17) is 0 Å². The molecule has 0 bridgehead atoms. The predicted molar refractivity (Wildman–Crippen MR) is 70.9 cm³/mol. The molecule has 1 aliphatic rings. The lowest BCUT2D eigenvalue weighted by atomic mass is 9.85. The van der Waals surface area contributed by atoms with Gasteiger partial charge in [0.2, 0.25) is 0 Å². The van der Waals surface area contributed by atoms with E-state index >= 15 is 0 Å². The van der Waals surface area contributed by atoms with Crippen molar-refractivity contribution in [3.63, 3.8) is 0 Å². The molecule has 1 aliphatic carbocycles. The van der Waals surface area contributed by atoms with Crippen molar-refractivity contribution in [3.05, 3.63) is 16.6 Å². The number of aliphatic carboxylic acids is 1. The standard InChI is InChI=1S/C12H17N3O3S/c1-12(10(16)17)4-2-3-9(12)15-11(18)13-5-8-6-19-7-14-8/h6-7,9H,2-5H2,1H3,(H,16,17)(H2,13,15,18). The van der Waals surface area contributed by atoms with Crippen LogP contribution in [0.25, 0.3) is 0 Å². The molecule has 0 aliphatic heterocycles. The van der Waals surface area contributed by atoms with Crippen molar-refractivity contribution >= 4 is 23.3 Å². The molecule has 1 aromatic rings. The Balaban J connectivity index is 1.86.